The van der Waals surface area contributed by atoms with E-state index in [4.69, 9.17) is 0 Å². The topological polar surface area (TPSA) is 12.0 Å². The van der Waals surface area contributed by atoms with Gasteiger partial charge in [0.15, 0.2) is 0 Å². The van der Waals surface area contributed by atoms with Crippen molar-refractivity contribution in [1.29, 1.82) is 0 Å². The Morgan fingerprint density at radius 1 is 1.23 bits per heavy atom. The molecule has 2 bridgehead atoms. The molecule has 1 nitrogen and oxygen atoms in total. The van der Waals surface area contributed by atoms with Crippen LogP contribution in [0.5, 0.6) is 0 Å². The number of rotatable bonds is 4. The molecular formula is C12H23N. The van der Waals surface area contributed by atoms with Gasteiger partial charge in [-0.25, -0.2) is 0 Å². The summed E-state index contributed by atoms with van der Waals surface area (Å²) in [6.07, 6.45) is 12.9. The fourth-order valence-corrected chi connectivity index (χ4v) is 3.16. The van der Waals surface area contributed by atoms with Gasteiger partial charge in [0, 0.05) is 11.6 Å². The van der Waals surface area contributed by atoms with Crippen LogP contribution in [-0.4, -0.2) is 11.6 Å². The summed E-state index contributed by atoms with van der Waals surface area (Å²) < 4.78 is 0. The Hall–Kier alpha value is -0.0400. The van der Waals surface area contributed by atoms with Crippen LogP contribution in [0.25, 0.3) is 0 Å². The number of piperidine rings is 1. The highest BCUT2D eigenvalue weighted by Crippen LogP contribution is 2.38. The molecule has 2 saturated heterocycles. The van der Waals surface area contributed by atoms with Gasteiger partial charge in [-0.05, 0) is 32.1 Å². The zero-order valence-electron chi connectivity index (χ0n) is 8.94. The van der Waals surface area contributed by atoms with Crippen molar-refractivity contribution < 1.29 is 0 Å². The maximum Gasteiger partial charge on any atom is 0.0184 e. The second-order valence-corrected chi connectivity index (χ2v) is 5.01. The van der Waals surface area contributed by atoms with Gasteiger partial charge >= 0.3 is 0 Å². The van der Waals surface area contributed by atoms with Crippen LogP contribution in [0.4, 0.5) is 0 Å². The lowest BCUT2D eigenvalue weighted by Crippen LogP contribution is -2.46. The minimum atomic E-state index is 0.595. The Balaban J connectivity index is 1.82. The summed E-state index contributed by atoms with van der Waals surface area (Å²) in [5.41, 5.74) is 0.595. The lowest BCUT2D eigenvalue weighted by molar-refractivity contribution is 0.252. The quantitative estimate of drug-likeness (QED) is 0.656. The number of fused-ring (bicyclic) bond motifs is 2. The molecule has 2 rings (SSSR count). The fraction of sp³-hybridized carbons (Fsp3) is 1.00. The Morgan fingerprint density at radius 3 is 3.00 bits per heavy atom. The van der Waals surface area contributed by atoms with Gasteiger partial charge in [0.1, 0.15) is 0 Å². The normalized spacial score (nSPS) is 38.1. The molecule has 2 heterocycles. The molecule has 2 atom stereocenters. The van der Waals surface area contributed by atoms with E-state index < -0.39 is 0 Å². The molecule has 0 aromatic rings. The van der Waals surface area contributed by atoms with Crippen LogP contribution < -0.4 is 5.32 Å². The third-order valence-corrected chi connectivity index (χ3v) is 3.95. The van der Waals surface area contributed by atoms with Gasteiger partial charge in [-0.15, -0.1) is 0 Å². The molecule has 1 N–H and O–H groups in total. The Labute approximate surface area is 82.3 Å². The predicted molar refractivity (Wildman–Crippen MR) is 56.9 cm³/mol. The van der Waals surface area contributed by atoms with Crippen molar-refractivity contribution in [1.82, 2.24) is 5.32 Å². The lowest BCUT2D eigenvalue weighted by Gasteiger charge is -2.34. The average molecular weight is 181 g/mol. The summed E-state index contributed by atoms with van der Waals surface area (Å²) in [7, 11) is 0. The number of unbranched alkanes of at least 4 members (excludes halogenated alkanes) is 2. The second-order valence-electron chi connectivity index (χ2n) is 5.01. The summed E-state index contributed by atoms with van der Waals surface area (Å²) in [6, 6.07) is 0.885. The van der Waals surface area contributed by atoms with Crippen LogP contribution in [0.2, 0.25) is 0 Å². The van der Waals surface area contributed by atoms with E-state index in [1.54, 1.807) is 0 Å². The van der Waals surface area contributed by atoms with Crippen LogP contribution >= 0.6 is 0 Å². The van der Waals surface area contributed by atoms with Gasteiger partial charge < -0.3 is 5.32 Å². The van der Waals surface area contributed by atoms with Crippen LogP contribution in [0.1, 0.15) is 64.7 Å². The SMILES string of the molecule is CCCCCC12CCCC(CC1)N2. The summed E-state index contributed by atoms with van der Waals surface area (Å²) >= 11 is 0. The Bertz CT molecular complexity index is 163. The van der Waals surface area contributed by atoms with Gasteiger partial charge in [-0.3, -0.25) is 0 Å². The lowest BCUT2D eigenvalue weighted by atomic mass is 9.85. The molecule has 2 aliphatic rings. The molecule has 2 fully saturated rings. The second kappa shape index (κ2) is 4.00. The van der Waals surface area contributed by atoms with E-state index in [1.807, 2.05) is 0 Å². The predicted octanol–water partition coefficient (Wildman–Crippen LogP) is 3.24. The summed E-state index contributed by atoms with van der Waals surface area (Å²) in [6.45, 7) is 2.30. The van der Waals surface area contributed by atoms with Crippen molar-refractivity contribution in [2.45, 2.75) is 76.3 Å². The molecule has 0 aromatic heterocycles. The van der Waals surface area contributed by atoms with Crippen molar-refractivity contribution in [3.8, 4) is 0 Å². The summed E-state index contributed by atoms with van der Waals surface area (Å²) in [5, 5.41) is 3.86. The molecular weight excluding hydrogens is 158 g/mol. The first-order valence-electron chi connectivity index (χ1n) is 6.12. The average Bonchev–Trinajstić information content (AvgIpc) is 2.43. The van der Waals surface area contributed by atoms with E-state index in [2.05, 4.69) is 12.2 Å². The van der Waals surface area contributed by atoms with E-state index in [0.29, 0.717) is 5.54 Å². The molecule has 13 heavy (non-hydrogen) atoms. The van der Waals surface area contributed by atoms with E-state index in [9.17, 15) is 0 Å². The first-order chi connectivity index (χ1) is 6.35. The van der Waals surface area contributed by atoms with Gasteiger partial charge in [0.05, 0.1) is 0 Å². The van der Waals surface area contributed by atoms with E-state index in [1.165, 1.54) is 57.8 Å². The summed E-state index contributed by atoms with van der Waals surface area (Å²) in [4.78, 5) is 0. The van der Waals surface area contributed by atoms with Crippen molar-refractivity contribution in [3.63, 3.8) is 0 Å². The maximum absolute atomic E-state index is 3.86. The molecule has 0 aliphatic carbocycles. The zero-order valence-corrected chi connectivity index (χ0v) is 8.94. The van der Waals surface area contributed by atoms with Gasteiger partial charge in [0.25, 0.3) is 0 Å². The minimum absolute atomic E-state index is 0.595. The van der Waals surface area contributed by atoms with E-state index >= 15 is 0 Å². The highest BCUT2D eigenvalue weighted by Gasteiger charge is 2.40. The number of hydrogen-bond acceptors (Lipinski definition) is 1. The monoisotopic (exact) mass is 181 g/mol. The van der Waals surface area contributed by atoms with Crippen molar-refractivity contribution in [2.24, 2.45) is 0 Å². The molecule has 0 spiro atoms. The first kappa shape index (κ1) is 9.51. The first-order valence-corrected chi connectivity index (χ1v) is 6.12. The maximum atomic E-state index is 3.86. The molecule has 76 valence electrons. The minimum Gasteiger partial charge on any atom is -0.308 e. The van der Waals surface area contributed by atoms with Crippen LogP contribution in [0.15, 0.2) is 0 Å². The highest BCUT2D eigenvalue weighted by atomic mass is 15.1. The van der Waals surface area contributed by atoms with E-state index in [0.717, 1.165) is 6.04 Å². The van der Waals surface area contributed by atoms with Crippen molar-refractivity contribution in [3.05, 3.63) is 0 Å². The summed E-state index contributed by atoms with van der Waals surface area (Å²) in [5.74, 6) is 0. The Kier molecular flexibility index (Phi) is 2.92. The third-order valence-electron chi connectivity index (χ3n) is 3.95. The van der Waals surface area contributed by atoms with Crippen LogP contribution in [0, 0.1) is 0 Å². The molecule has 2 aliphatic heterocycles. The highest BCUT2D eigenvalue weighted by molar-refractivity contribution is 5.00. The number of nitrogens with one attached hydrogen (secondary N) is 1. The smallest absolute Gasteiger partial charge is 0.0184 e. The third kappa shape index (κ3) is 2.07. The molecule has 0 amide bonds. The Morgan fingerprint density at radius 2 is 2.15 bits per heavy atom. The largest absolute Gasteiger partial charge is 0.308 e. The molecule has 0 aromatic carbocycles. The van der Waals surface area contributed by atoms with E-state index in [-0.39, 0.29) is 0 Å². The zero-order chi connectivity index (χ0) is 9.15. The van der Waals surface area contributed by atoms with Crippen LogP contribution in [0.3, 0.4) is 0 Å². The van der Waals surface area contributed by atoms with Gasteiger partial charge in [0.2, 0.25) is 0 Å². The van der Waals surface area contributed by atoms with Gasteiger partial charge in [-0.1, -0.05) is 32.6 Å². The fourth-order valence-electron chi connectivity index (χ4n) is 3.16. The van der Waals surface area contributed by atoms with Gasteiger partial charge in [-0.2, -0.15) is 0 Å². The van der Waals surface area contributed by atoms with Crippen molar-refractivity contribution >= 4 is 0 Å². The van der Waals surface area contributed by atoms with Crippen LogP contribution in [-0.2, 0) is 0 Å². The molecule has 0 radical (unpaired) electrons. The standard InChI is InChI=1S/C12H23N/c1-2-3-4-8-12-9-5-6-11(13-12)7-10-12/h11,13H,2-10H2,1H3. The molecule has 0 saturated carbocycles. The number of hydrogen-bond donors (Lipinski definition) is 1. The molecule has 2 unspecified atom stereocenters. The molecule has 1 heteroatoms. The van der Waals surface area contributed by atoms with Crippen molar-refractivity contribution in [2.75, 3.05) is 0 Å².